The van der Waals surface area contributed by atoms with Crippen molar-refractivity contribution in [2.24, 2.45) is 7.05 Å². The Balaban J connectivity index is 1.80. The molecule has 0 aromatic carbocycles. The summed E-state index contributed by atoms with van der Waals surface area (Å²) in [5.74, 6) is 2.12. The molecule has 1 aliphatic rings. The van der Waals surface area contributed by atoms with Crippen molar-refractivity contribution in [3.8, 4) is 0 Å². The highest BCUT2D eigenvalue weighted by Gasteiger charge is 2.17. The van der Waals surface area contributed by atoms with Gasteiger partial charge in [-0.25, -0.2) is 4.98 Å². The van der Waals surface area contributed by atoms with Gasteiger partial charge in [0, 0.05) is 45.2 Å². The summed E-state index contributed by atoms with van der Waals surface area (Å²) < 4.78 is 4.30. The zero-order valence-electron chi connectivity index (χ0n) is 10.8. The van der Waals surface area contributed by atoms with E-state index in [9.17, 15) is 0 Å². The van der Waals surface area contributed by atoms with Gasteiger partial charge in [0.05, 0.1) is 5.69 Å². The monoisotopic (exact) mass is 246 g/mol. The van der Waals surface area contributed by atoms with Crippen LogP contribution in [0.1, 0.15) is 23.0 Å². The van der Waals surface area contributed by atoms with Gasteiger partial charge in [0.25, 0.3) is 0 Å². The first-order chi connectivity index (χ1) is 8.75. The first-order valence-electron chi connectivity index (χ1n) is 6.34. The molecular weight excluding hydrogens is 228 g/mol. The second-order valence-corrected chi connectivity index (χ2v) is 4.74. The fourth-order valence-corrected chi connectivity index (χ4v) is 2.55. The molecule has 18 heavy (non-hydrogen) atoms. The molecule has 6 nitrogen and oxygen atoms in total. The first kappa shape index (κ1) is 11.4. The lowest BCUT2D eigenvalue weighted by molar-refractivity contribution is 0.570. The minimum atomic E-state index is 0.896. The Morgan fingerprint density at radius 2 is 2.33 bits per heavy atom. The van der Waals surface area contributed by atoms with Gasteiger partial charge in [0.1, 0.15) is 18.0 Å². The van der Waals surface area contributed by atoms with Crippen LogP contribution in [0.5, 0.6) is 0 Å². The molecule has 0 bridgehead atoms. The Bertz CT molecular complexity index is 553. The molecule has 2 aromatic rings. The van der Waals surface area contributed by atoms with Gasteiger partial charge in [0.15, 0.2) is 0 Å². The zero-order chi connectivity index (χ0) is 12.5. The minimum Gasteiger partial charge on any atom is -0.331 e. The van der Waals surface area contributed by atoms with E-state index in [0.29, 0.717) is 0 Å². The van der Waals surface area contributed by atoms with Gasteiger partial charge in [-0.1, -0.05) is 0 Å². The smallest absolute Gasteiger partial charge is 0.134 e. The molecule has 0 saturated heterocycles. The van der Waals surface area contributed by atoms with Crippen molar-refractivity contribution in [1.29, 1.82) is 0 Å². The molecule has 6 heteroatoms. The van der Waals surface area contributed by atoms with E-state index in [-0.39, 0.29) is 0 Å². The van der Waals surface area contributed by atoms with Gasteiger partial charge in [-0.05, 0) is 6.92 Å². The maximum atomic E-state index is 4.63. The van der Waals surface area contributed by atoms with Crippen molar-refractivity contribution in [3.05, 3.63) is 29.4 Å². The Morgan fingerprint density at radius 3 is 3.11 bits per heavy atom. The summed E-state index contributed by atoms with van der Waals surface area (Å²) in [6.45, 7) is 4.95. The maximum Gasteiger partial charge on any atom is 0.134 e. The van der Waals surface area contributed by atoms with E-state index in [1.165, 1.54) is 11.4 Å². The fraction of sp³-hybridized carbons (Fsp3) is 0.583. The molecule has 0 aliphatic carbocycles. The third-order valence-corrected chi connectivity index (χ3v) is 3.54. The van der Waals surface area contributed by atoms with E-state index in [2.05, 4.69) is 32.0 Å². The van der Waals surface area contributed by atoms with Crippen LogP contribution < -0.4 is 5.32 Å². The van der Waals surface area contributed by atoms with Crippen molar-refractivity contribution in [2.45, 2.75) is 32.9 Å². The fourth-order valence-electron chi connectivity index (χ4n) is 2.55. The molecule has 0 saturated carbocycles. The molecule has 3 rings (SSSR count). The summed E-state index contributed by atoms with van der Waals surface area (Å²) in [6.07, 6.45) is 3.71. The normalized spacial score (nSPS) is 14.8. The number of fused-ring (bicyclic) bond motifs is 1. The van der Waals surface area contributed by atoms with Crippen molar-refractivity contribution in [1.82, 2.24) is 29.6 Å². The predicted octanol–water partition coefficient (Wildman–Crippen LogP) is 0.208. The number of imidazole rings is 1. The number of nitrogens with one attached hydrogen (secondary N) is 1. The van der Waals surface area contributed by atoms with Crippen LogP contribution >= 0.6 is 0 Å². The van der Waals surface area contributed by atoms with Crippen LogP contribution in [0.2, 0.25) is 0 Å². The molecule has 0 atom stereocenters. The molecule has 0 spiro atoms. The molecule has 1 aliphatic heterocycles. The molecular formula is C12H18N6. The van der Waals surface area contributed by atoms with Crippen LogP contribution in [0.4, 0.5) is 0 Å². The topological polar surface area (TPSA) is 60.6 Å². The van der Waals surface area contributed by atoms with E-state index in [4.69, 9.17) is 0 Å². The van der Waals surface area contributed by atoms with E-state index >= 15 is 0 Å². The van der Waals surface area contributed by atoms with Crippen LogP contribution in [-0.4, -0.2) is 30.9 Å². The molecule has 0 unspecified atom stereocenters. The Hall–Kier alpha value is -1.69. The second-order valence-electron chi connectivity index (χ2n) is 4.74. The largest absolute Gasteiger partial charge is 0.331 e. The standard InChI is InChI=1S/C12H18N6/c1-9-15-10-7-13-5-3-11(10)18(9)6-4-12-16-14-8-17(12)2/h8,13H,3-7H2,1-2H3. The SMILES string of the molecule is Cc1nc2c(n1CCc1nncn1C)CCNC2. The Kier molecular flexibility index (Phi) is 2.87. The van der Waals surface area contributed by atoms with Gasteiger partial charge >= 0.3 is 0 Å². The highest BCUT2D eigenvalue weighted by atomic mass is 15.2. The number of nitrogens with zero attached hydrogens (tertiary/aromatic N) is 5. The minimum absolute atomic E-state index is 0.896. The van der Waals surface area contributed by atoms with Gasteiger partial charge in [0.2, 0.25) is 0 Å². The number of aromatic nitrogens is 5. The lowest BCUT2D eigenvalue weighted by atomic mass is 10.2. The Labute approximate surface area is 106 Å². The number of aryl methyl sites for hydroxylation is 3. The second kappa shape index (κ2) is 4.53. The van der Waals surface area contributed by atoms with Crippen LogP contribution in [-0.2, 0) is 33.0 Å². The van der Waals surface area contributed by atoms with Gasteiger partial charge in [-0.15, -0.1) is 10.2 Å². The van der Waals surface area contributed by atoms with Crippen LogP contribution in [0.25, 0.3) is 0 Å². The summed E-state index contributed by atoms with van der Waals surface area (Å²) in [5, 5.41) is 11.4. The van der Waals surface area contributed by atoms with Crippen LogP contribution in [0.15, 0.2) is 6.33 Å². The first-order valence-corrected chi connectivity index (χ1v) is 6.34. The van der Waals surface area contributed by atoms with Crippen molar-refractivity contribution < 1.29 is 0 Å². The lowest BCUT2D eigenvalue weighted by Gasteiger charge is -2.15. The third-order valence-electron chi connectivity index (χ3n) is 3.54. The number of hydrogen-bond donors (Lipinski definition) is 1. The van der Waals surface area contributed by atoms with Crippen LogP contribution in [0, 0.1) is 6.92 Å². The molecule has 2 aromatic heterocycles. The molecule has 0 amide bonds. The number of rotatable bonds is 3. The van der Waals surface area contributed by atoms with E-state index in [0.717, 1.165) is 44.1 Å². The predicted molar refractivity (Wildman–Crippen MR) is 67.1 cm³/mol. The van der Waals surface area contributed by atoms with Gasteiger partial charge < -0.3 is 14.5 Å². The highest BCUT2D eigenvalue weighted by molar-refractivity contribution is 5.19. The summed E-state index contributed by atoms with van der Waals surface area (Å²) >= 11 is 0. The molecule has 1 N–H and O–H groups in total. The van der Waals surface area contributed by atoms with Crippen molar-refractivity contribution in [3.63, 3.8) is 0 Å². The zero-order valence-corrected chi connectivity index (χ0v) is 10.8. The lowest BCUT2D eigenvalue weighted by Crippen LogP contribution is -2.25. The average Bonchev–Trinajstić information content (AvgIpc) is 2.90. The number of hydrogen-bond acceptors (Lipinski definition) is 4. The van der Waals surface area contributed by atoms with E-state index in [1.807, 2.05) is 11.6 Å². The maximum absolute atomic E-state index is 4.63. The van der Waals surface area contributed by atoms with E-state index < -0.39 is 0 Å². The van der Waals surface area contributed by atoms with Gasteiger partial charge in [-0.2, -0.15) is 0 Å². The van der Waals surface area contributed by atoms with Crippen molar-refractivity contribution in [2.75, 3.05) is 6.54 Å². The quantitative estimate of drug-likeness (QED) is 0.841. The summed E-state index contributed by atoms with van der Waals surface area (Å²) in [7, 11) is 1.98. The summed E-state index contributed by atoms with van der Waals surface area (Å²) in [5.41, 5.74) is 2.59. The Morgan fingerprint density at radius 1 is 1.44 bits per heavy atom. The third kappa shape index (κ3) is 1.92. The van der Waals surface area contributed by atoms with Crippen molar-refractivity contribution >= 4 is 0 Å². The average molecular weight is 246 g/mol. The molecule has 3 heterocycles. The van der Waals surface area contributed by atoms with Crippen LogP contribution in [0.3, 0.4) is 0 Å². The van der Waals surface area contributed by atoms with E-state index in [1.54, 1.807) is 6.33 Å². The highest BCUT2D eigenvalue weighted by Crippen LogP contribution is 2.16. The molecule has 0 fully saturated rings. The molecule has 96 valence electrons. The van der Waals surface area contributed by atoms with Gasteiger partial charge in [-0.3, -0.25) is 0 Å². The summed E-state index contributed by atoms with van der Waals surface area (Å²) in [4.78, 5) is 4.63. The summed E-state index contributed by atoms with van der Waals surface area (Å²) in [6, 6.07) is 0. The molecule has 0 radical (unpaired) electrons.